The van der Waals surface area contributed by atoms with Crippen LogP contribution in [0, 0.1) is 20.8 Å². The van der Waals surface area contributed by atoms with E-state index < -0.39 is 0 Å². The number of rotatable bonds is 2. The molecular weight excluding hydrogens is 276 g/mol. The maximum atomic E-state index is 5.87. The summed E-state index contributed by atoms with van der Waals surface area (Å²) >= 11 is 1.72. The van der Waals surface area contributed by atoms with Crippen molar-refractivity contribution in [2.75, 3.05) is 5.73 Å². The van der Waals surface area contributed by atoms with Crippen LogP contribution in [-0.4, -0.2) is 4.98 Å². The van der Waals surface area contributed by atoms with E-state index >= 15 is 0 Å². The lowest BCUT2D eigenvalue weighted by Gasteiger charge is -2.05. The molecule has 0 aliphatic rings. The third-order valence-corrected chi connectivity index (χ3v) is 4.60. The second-order valence-electron chi connectivity index (χ2n) is 5.37. The van der Waals surface area contributed by atoms with Crippen molar-refractivity contribution < 1.29 is 0 Å². The average Bonchev–Trinajstić information content (AvgIpc) is 2.83. The number of benzene rings is 2. The standard InChI is InChI=1S/C18H18N2S/c1-11-7-8-12(2)16(9-11)17-13(3)21-18(20-17)14-5-4-6-15(19)10-14/h4-10H,19H2,1-3H3. The lowest BCUT2D eigenvalue weighted by molar-refractivity contribution is 1.32. The first kappa shape index (κ1) is 13.8. The van der Waals surface area contributed by atoms with Gasteiger partial charge in [-0.1, -0.05) is 29.8 Å². The van der Waals surface area contributed by atoms with E-state index in [4.69, 9.17) is 10.7 Å². The van der Waals surface area contributed by atoms with Crippen molar-refractivity contribution in [3.8, 4) is 21.8 Å². The lowest BCUT2D eigenvalue weighted by Crippen LogP contribution is -1.88. The minimum Gasteiger partial charge on any atom is -0.399 e. The Morgan fingerprint density at radius 2 is 1.81 bits per heavy atom. The van der Waals surface area contributed by atoms with Gasteiger partial charge in [-0.2, -0.15) is 0 Å². The Balaban J connectivity index is 2.12. The van der Waals surface area contributed by atoms with Gasteiger partial charge in [0.1, 0.15) is 5.01 Å². The minimum atomic E-state index is 0.772. The Kier molecular flexibility index (Phi) is 3.52. The summed E-state index contributed by atoms with van der Waals surface area (Å²) in [5.74, 6) is 0. The number of aromatic nitrogens is 1. The molecule has 1 heterocycles. The molecule has 3 heteroatoms. The first-order chi connectivity index (χ1) is 10.0. The van der Waals surface area contributed by atoms with Crippen molar-refractivity contribution in [2.45, 2.75) is 20.8 Å². The third-order valence-electron chi connectivity index (χ3n) is 3.58. The number of hydrogen-bond acceptors (Lipinski definition) is 3. The molecule has 0 unspecified atom stereocenters. The van der Waals surface area contributed by atoms with Crippen LogP contribution in [0.4, 0.5) is 5.69 Å². The summed E-state index contributed by atoms with van der Waals surface area (Å²) < 4.78 is 0. The van der Waals surface area contributed by atoms with E-state index in [2.05, 4.69) is 45.0 Å². The van der Waals surface area contributed by atoms with Crippen LogP contribution in [0.25, 0.3) is 21.8 Å². The van der Waals surface area contributed by atoms with Crippen molar-refractivity contribution in [1.82, 2.24) is 4.98 Å². The molecule has 0 atom stereocenters. The van der Waals surface area contributed by atoms with Gasteiger partial charge in [-0.3, -0.25) is 0 Å². The molecule has 0 aliphatic heterocycles. The molecule has 0 aliphatic carbocycles. The summed E-state index contributed by atoms with van der Waals surface area (Å²) in [5, 5.41) is 1.02. The normalized spacial score (nSPS) is 10.8. The van der Waals surface area contributed by atoms with Crippen LogP contribution in [0.2, 0.25) is 0 Å². The van der Waals surface area contributed by atoms with Crippen LogP contribution in [0.15, 0.2) is 42.5 Å². The Hall–Kier alpha value is -2.13. The van der Waals surface area contributed by atoms with Crippen molar-refractivity contribution in [3.63, 3.8) is 0 Å². The van der Waals surface area contributed by atoms with Crippen LogP contribution < -0.4 is 5.73 Å². The quantitative estimate of drug-likeness (QED) is 0.677. The molecule has 106 valence electrons. The largest absolute Gasteiger partial charge is 0.399 e. The maximum absolute atomic E-state index is 5.87. The molecular formula is C18H18N2S. The molecule has 3 rings (SSSR count). The van der Waals surface area contributed by atoms with Crippen LogP contribution in [0.1, 0.15) is 16.0 Å². The lowest BCUT2D eigenvalue weighted by atomic mass is 10.0. The van der Waals surface area contributed by atoms with Gasteiger partial charge in [0, 0.05) is 21.7 Å². The summed E-state index contributed by atoms with van der Waals surface area (Å²) in [6.45, 7) is 6.38. The fourth-order valence-corrected chi connectivity index (χ4v) is 3.36. The Morgan fingerprint density at radius 3 is 2.57 bits per heavy atom. The van der Waals surface area contributed by atoms with Crippen LogP contribution >= 0.6 is 11.3 Å². The fraction of sp³-hybridized carbons (Fsp3) is 0.167. The molecule has 0 saturated heterocycles. The number of nitrogens with zero attached hydrogens (tertiary/aromatic N) is 1. The number of hydrogen-bond donors (Lipinski definition) is 1. The van der Waals surface area contributed by atoms with Gasteiger partial charge in [-0.25, -0.2) is 4.98 Å². The first-order valence-corrected chi connectivity index (χ1v) is 7.77. The minimum absolute atomic E-state index is 0.772. The van der Waals surface area contributed by atoms with E-state index in [-0.39, 0.29) is 0 Å². The summed E-state index contributed by atoms with van der Waals surface area (Å²) in [7, 11) is 0. The van der Waals surface area contributed by atoms with E-state index in [1.807, 2.05) is 18.2 Å². The Bertz CT molecular complexity index is 803. The van der Waals surface area contributed by atoms with E-state index in [1.54, 1.807) is 11.3 Å². The van der Waals surface area contributed by atoms with Crippen LogP contribution in [0.5, 0.6) is 0 Å². The third kappa shape index (κ3) is 2.69. The summed E-state index contributed by atoms with van der Waals surface area (Å²) in [6.07, 6.45) is 0. The van der Waals surface area contributed by atoms with Crippen LogP contribution in [0.3, 0.4) is 0 Å². The molecule has 0 spiro atoms. The van der Waals surface area contributed by atoms with Gasteiger partial charge in [-0.15, -0.1) is 11.3 Å². The number of aryl methyl sites for hydroxylation is 3. The summed E-state index contributed by atoms with van der Waals surface area (Å²) in [5.41, 5.74) is 12.5. The average molecular weight is 294 g/mol. The number of nitrogens with two attached hydrogens (primary N) is 1. The van der Waals surface area contributed by atoms with Crippen molar-refractivity contribution in [1.29, 1.82) is 0 Å². The molecule has 3 aromatic rings. The zero-order valence-electron chi connectivity index (χ0n) is 12.5. The predicted octanol–water partition coefficient (Wildman–Crippen LogP) is 4.98. The smallest absolute Gasteiger partial charge is 0.124 e. The highest BCUT2D eigenvalue weighted by atomic mass is 32.1. The van der Waals surface area contributed by atoms with Gasteiger partial charge < -0.3 is 5.73 Å². The van der Waals surface area contributed by atoms with Crippen molar-refractivity contribution in [3.05, 3.63) is 58.5 Å². The van der Waals surface area contributed by atoms with Crippen LogP contribution in [-0.2, 0) is 0 Å². The van der Waals surface area contributed by atoms with Crippen molar-refractivity contribution >= 4 is 17.0 Å². The first-order valence-electron chi connectivity index (χ1n) is 6.95. The fourth-order valence-electron chi connectivity index (χ4n) is 2.43. The van der Waals surface area contributed by atoms with E-state index in [0.717, 1.165) is 22.0 Å². The summed E-state index contributed by atoms with van der Waals surface area (Å²) in [4.78, 5) is 6.09. The SMILES string of the molecule is Cc1ccc(C)c(-c2nc(-c3cccc(N)c3)sc2C)c1. The van der Waals surface area contributed by atoms with E-state index in [1.165, 1.54) is 21.6 Å². The molecule has 1 aromatic heterocycles. The topological polar surface area (TPSA) is 38.9 Å². The molecule has 0 radical (unpaired) electrons. The highest BCUT2D eigenvalue weighted by Crippen LogP contribution is 2.35. The zero-order chi connectivity index (χ0) is 15.0. The molecule has 0 amide bonds. The highest BCUT2D eigenvalue weighted by molar-refractivity contribution is 7.15. The maximum Gasteiger partial charge on any atom is 0.124 e. The molecule has 2 N–H and O–H groups in total. The number of thiazole rings is 1. The van der Waals surface area contributed by atoms with Gasteiger partial charge in [0.05, 0.1) is 5.69 Å². The number of anilines is 1. The van der Waals surface area contributed by atoms with E-state index in [9.17, 15) is 0 Å². The molecule has 0 saturated carbocycles. The van der Waals surface area contributed by atoms with E-state index in [0.29, 0.717) is 0 Å². The second kappa shape index (κ2) is 5.34. The Morgan fingerprint density at radius 1 is 1.00 bits per heavy atom. The predicted molar refractivity (Wildman–Crippen MR) is 91.6 cm³/mol. The van der Waals surface area contributed by atoms with Gasteiger partial charge >= 0.3 is 0 Å². The molecule has 0 fully saturated rings. The summed E-state index contributed by atoms with van der Waals surface area (Å²) in [6, 6.07) is 14.4. The van der Waals surface area contributed by atoms with Gasteiger partial charge in [0.15, 0.2) is 0 Å². The van der Waals surface area contributed by atoms with Gasteiger partial charge in [-0.05, 0) is 44.5 Å². The van der Waals surface area contributed by atoms with Crippen molar-refractivity contribution in [2.24, 2.45) is 0 Å². The zero-order valence-corrected chi connectivity index (χ0v) is 13.3. The van der Waals surface area contributed by atoms with Gasteiger partial charge in [0.25, 0.3) is 0 Å². The van der Waals surface area contributed by atoms with Gasteiger partial charge in [0.2, 0.25) is 0 Å². The number of nitrogen functional groups attached to an aromatic ring is 1. The molecule has 21 heavy (non-hydrogen) atoms. The Labute approximate surface area is 129 Å². The second-order valence-corrected chi connectivity index (χ2v) is 6.57. The molecule has 2 aromatic carbocycles. The highest BCUT2D eigenvalue weighted by Gasteiger charge is 2.13. The molecule has 2 nitrogen and oxygen atoms in total. The molecule has 0 bridgehead atoms. The monoisotopic (exact) mass is 294 g/mol.